The van der Waals surface area contributed by atoms with Crippen LogP contribution in [0.3, 0.4) is 0 Å². The van der Waals surface area contributed by atoms with E-state index < -0.39 is 0 Å². The Morgan fingerprint density at radius 2 is 2.07 bits per heavy atom. The van der Waals surface area contributed by atoms with Gasteiger partial charge in [0.15, 0.2) is 0 Å². The molecule has 1 fully saturated rings. The summed E-state index contributed by atoms with van der Waals surface area (Å²) in [6.07, 6.45) is 4.44. The predicted octanol–water partition coefficient (Wildman–Crippen LogP) is 2.65. The SMILES string of the molecule is C[C@@H]1CC(=O)O[C@@H]1/C=C/c1ccccc1. The number of carbonyl (C=O) groups excluding carboxylic acids is 1. The van der Waals surface area contributed by atoms with Gasteiger partial charge in [-0.25, -0.2) is 0 Å². The van der Waals surface area contributed by atoms with E-state index in [0.717, 1.165) is 5.56 Å². The van der Waals surface area contributed by atoms with Crippen LogP contribution < -0.4 is 0 Å². The molecule has 1 aromatic carbocycles. The summed E-state index contributed by atoms with van der Waals surface area (Å²) in [5.41, 5.74) is 1.13. The third-order valence-electron chi connectivity index (χ3n) is 2.59. The van der Waals surface area contributed by atoms with Gasteiger partial charge in [-0.3, -0.25) is 4.79 Å². The maximum atomic E-state index is 11.0. The molecule has 1 saturated heterocycles. The molecule has 2 nitrogen and oxygen atoms in total. The lowest BCUT2D eigenvalue weighted by molar-refractivity contribution is -0.140. The molecule has 0 N–H and O–H groups in total. The summed E-state index contributed by atoms with van der Waals surface area (Å²) >= 11 is 0. The van der Waals surface area contributed by atoms with E-state index in [0.29, 0.717) is 6.42 Å². The largest absolute Gasteiger partial charge is 0.458 e. The highest BCUT2D eigenvalue weighted by Gasteiger charge is 2.28. The molecule has 15 heavy (non-hydrogen) atoms. The van der Waals surface area contributed by atoms with Gasteiger partial charge in [0.1, 0.15) is 6.10 Å². The summed E-state index contributed by atoms with van der Waals surface area (Å²) < 4.78 is 5.17. The first-order valence-corrected chi connectivity index (χ1v) is 5.18. The van der Waals surface area contributed by atoms with Gasteiger partial charge in [0.05, 0.1) is 6.42 Å². The zero-order valence-electron chi connectivity index (χ0n) is 8.72. The monoisotopic (exact) mass is 202 g/mol. The summed E-state index contributed by atoms with van der Waals surface area (Å²) in [7, 11) is 0. The standard InChI is InChI=1S/C13H14O2/c1-10-9-13(14)15-12(10)8-7-11-5-3-2-4-6-11/h2-8,10,12H,9H2,1H3/b8-7+/t10-,12-/m1/s1. The molecule has 2 atom stereocenters. The smallest absolute Gasteiger partial charge is 0.306 e. The van der Waals surface area contributed by atoms with Gasteiger partial charge < -0.3 is 4.74 Å². The van der Waals surface area contributed by atoms with E-state index in [1.807, 2.05) is 49.4 Å². The second kappa shape index (κ2) is 4.30. The molecule has 1 aromatic rings. The van der Waals surface area contributed by atoms with E-state index in [9.17, 15) is 4.79 Å². The second-order valence-corrected chi connectivity index (χ2v) is 3.91. The van der Waals surface area contributed by atoms with Crippen LogP contribution in [0.2, 0.25) is 0 Å². The lowest BCUT2D eigenvalue weighted by atomic mass is 10.0. The van der Waals surface area contributed by atoms with Crippen LogP contribution in [0.5, 0.6) is 0 Å². The van der Waals surface area contributed by atoms with Crippen molar-refractivity contribution in [2.75, 3.05) is 0 Å². The normalized spacial score (nSPS) is 25.8. The van der Waals surface area contributed by atoms with Gasteiger partial charge in [0, 0.05) is 5.92 Å². The summed E-state index contributed by atoms with van der Waals surface area (Å²) in [6.45, 7) is 2.03. The molecule has 0 spiro atoms. The van der Waals surface area contributed by atoms with Crippen molar-refractivity contribution < 1.29 is 9.53 Å². The van der Waals surface area contributed by atoms with Crippen LogP contribution >= 0.6 is 0 Å². The Labute approximate surface area is 89.6 Å². The van der Waals surface area contributed by atoms with Crippen LogP contribution in [0.15, 0.2) is 36.4 Å². The number of benzene rings is 1. The molecule has 1 aliphatic heterocycles. The highest BCUT2D eigenvalue weighted by atomic mass is 16.5. The maximum absolute atomic E-state index is 11.0. The lowest BCUT2D eigenvalue weighted by Gasteiger charge is -2.07. The molecule has 0 unspecified atom stereocenters. The van der Waals surface area contributed by atoms with Crippen molar-refractivity contribution >= 4 is 12.0 Å². The number of ether oxygens (including phenoxy) is 1. The van der Waals surface area contributed by atoms with Crippen LogP contribution in [0.25, 0.3) is 6.08 Å². The van der Waals surface area contributed by atoms with Crippen LogP contribution in [0.4, 0.5) is 0 Å². The molecule has 2 heteroatoms. The lowest BCUT2D eigenvalue weighted by Crippen LogP contribution is -2.09. The van der Waals surface area contributed by atoms with Crippen LogP contribution in [0, 0.1) is 5.92 Å². The molecule has 0 radical (unpaired) electrons. The van der Waals surface area contributed by atoms with Gasteiger partial charge in [0.25, 0.3) is 0 Å². The highest BCUT2D eigenvalue weighted by molar-refractivity contribution is 5.72. The number of carbonyl (C=O) groups is 1. The number of rotatable bonds is 2. The third kappa shape index (κ3) is 2.46. The zero-order valence-corrected chi connectivity index (χ0v) is 8.72. The van der Waals surface area contributed by atoms with Gasteiger partial charge >= 0.3 is 5.97 Å². The maximum Gasteiger partial charge on any atom is 0.306 e. The minimum absolute atomic E-state index is 0.0577. The van der Waals surface area contributed by atoms with E-state index in [-0.39, 0.29) is 18.0 Å². The molecule has 0 bridgehead atoms. The highest BCUT2D eigenvalue weighted by Crippen LogP contribution is 2.22. The Morgan fingerprint density at radius 1 is 1.33 bits per heavy atom. The van der Waals surface area contributed by atoms with E-state index in [2.05, 4.69) is 0 Å². The fraction of sp³-hybridized carbons (Fsp3) is 0.308. The number of cyclic esters (lactones) is 1. The summed E-state index contributed by atoms with van der Waals surface area (Å²) in [4.78, 5) is 11.0. The van der Waals surface area contributed by atoms with Crippen LogP contribution in [-0.4, -0.2) is 12.1 Å². The van der Waals surface area contributed by atoms with E-state index in [4.69, 9.17) is 4.74 Å². The Morgan fingerprint density at radius 3 is 2.67 bits per heavy atom. The van der Waals surface area contributed by atoms with E-state index in [1.165, 1.54) is 0 Å². The summed E-state index contributed by atoms with van der Waals surface area (Å²) in [5.74, 6) is 0.197. The summed E-state index contributed by atoms with van der Waals surface area (Å²) in [5, 5.41) is 0. The van der Waals surface area contributed by atoms with Crippen molar-refractivity contribution in [1.82, 2.24) is 0 Å². The molecule has 0 aliphatic carbocycles. The fourth-order valence-corrected chi connectivity index (χ4v) is 1.69. The van der Waals surface area contributed by atoms with Gasteiger partial charge in [-0.2, -0.15) is 0 Å². The van der Waals surface area contributed by atoms with Crippen LogP contribution in [-0.2, 0) is 9.53 Å². The van der Waals surface area contributed by atoms with Gasteiger partial charge in [0.2, 0.25) is 0 Å². The van der Waals surface area contributed by atoms with E-state index in [1.54, 1.807) is 0 Å². The fourth-order valence-electron chi connectivity index (χ4n) is 1.69. The second-order valence-electron chi connectivity index (χ2n) is 3.91. The van der Waals surface area contributed by atoms with Gasteiger partial charge in [-0.15, -0.1) is 0 Å². The molecular formula is C13H14O2. The van der Waals surface area contributed by atoms with Gasteiger partial charge in [-0.05, 0) is 11.6 Å². The molecule has 0 aromatic heterocycles. The van der Waals surface area contributed by atoms with E-state index >= 15 is 0 Å². The molecule has 78 valence electrons. The zero-order chi connectivity index (χ0) is 10.7. The number of esters is 1. The Hall–Kier alpha value is -1.57. The van der Waals surface area contributed by atoms with Crippen molar-refractivity contribution in [2.45, 2.75) is 19.4 Å². The molecule has 0 saturated carbocycles. The summed E-state index contributed by atoms with van der Waals surface area (Å²) in [6, 6.07) is 10.0. The molecule has 1 heterocycles. The molecule has 2 rings (SSSR count). The third-order valence-corrected chi connectivity index (χ3v) is 2.59. The predicted molar refractivity (Wildman–Crippen MR) is 59.1 cm³/mol. The average molecular weight is 202 g/mol. The first kappa shape index (κ1) is 9.97. The van der Waals surface area contributed by atoms with Gasteiger partial charge in [-0.1, -0.05) is 43.3 Å². The minimum Gasteiger partial charge on any atom is -0.458 e. The molecule has 1 aliphatic rings. The molecule has 0 amide bonds. The Balaban J connectivity index is 2.03. The quantitative estimate of drug-likeness (QED) is 0.689. The Bertz CT molecular complexity index is 367. The topological polar surface area (TPSA) is 26.3 Å². The average Bonchev–Trinajstić information content (AvgIpc) is 2.56. The Kier molecular flexibility index (Phi) is 2.86. The first-order chi connectivity index (χ1) is 7.25. The number of hydrogen-bond acceptors (Lipinski definition) is 2. The number of hydrogen-bond donors (Lipinski definition) is 0. The molecular weight excluding hydrogens is 188 g/mol. The van der Waals surface area contributed by atoms with Crippen molar-refractivity contribution in [3.63, 3.8) is 0 Å². The minimum atomic E-state index is -0.0924. The first-order valence-electron chi connectivity index (χ1n) is 5.18. The van der Waals surface area contributed by atoms with Crippen molar-refractivity contribution in [3.05, 3.63) is 42.0 Å². The van der Waals surface area contributed by atoms with Crippen molar-refractivity contribution in [2.24, 2.45) is 5.92 Å². The van der Waals surface area contributed by atoms with Crippen molar-refractivity contribution in [1.29, 1.82) is 0 Å². The van der Waals surface area contributed by atoms with Crippen LogP contribution in [0.1, 0.15) is 18.9 Å². The van der Waals surface area contributed by atoms with Crippen molar-refractivity contribution in [3.8, 4) is 0 Å².